The number of morpholine rings is 1. The number of aromatic nitrogens is 1. The maximum Gasteiger partial charge on any atom is 0.191 e. The van der Waals surface area contributed by atoms with Gasteiger partial charge in [0.05, 0.1) is 19.3 Å². The summed E-state index contributed by atoms with van der Waals surface area (Å²) in [6, 6.07) is 15.7. The summed E-state index contributed by atoms with van der Waals surface area (Å²) in [7, 11) is 1.79. The van der Waals surface area contributed by atoms with Crippen molar-refractivity contribution in [1.29, 1.82) is 0 Å². The number of aromatic amines is 1. The van der Waals surface area contributed by atoms with Crippen LogP contribution in [0.2, 0.25) is 0 Å². The summed E-state index contributed by atoms with van der Waals surface area (Å²) in [6.45, 7) is 4.88. The van der Waals surface area contributed by atoms with Gasteiger partial charge in [-0.05, 0) is 35.7 Å². The van der Waals surface area contributed by atoms with E-state index in [4.69, 9.17) is 4.74 Å². The molecular formula is C24H31FIN5O. The number of rotatable bonds is 7. The molecule has 1 aliphatic heterocycles. The number of nitrogens with zero attached hydrogens (tertiary/aromatic N) is 2. The highest BCUT2D eigenvalue weighted by molar-refractivity contribution is 14.0. The maximum atomic E-state index is 13.4. The van der Waals surface area contributed by atoms with E-state index in [2.05, 4.69) is 49.8 Å². The lowest BCUT2D eigenvalue weighted by molar-refractivity contribution is 0.0170. The lowest BCUT2D eigenvalue weighted by Crippen LogP contribution is -2.46. The highest BCUT2D eigenvalue weighted by Gasteiger charge is 2.22. The van der Waals surface area contributed by atoms with Crippen LogP contribution in [0.4, 0.5) is 4.39 Å². The summed E-state index contributed by atoms with van der Waals surface area (Å²) in [5.41, 5.74) is 3.28. The van der Waals surface area contributed by atoms with Crippen LogP contribution >= 0.6 is 24.0 Å². The average Bonchev–Trinajstić information content (AvgIpc) is 3.21. The quantitative estimate of drug-likeness (QED) is 0.238. The monoisotopic (exact) mass is 551 g/mol. The standard InChI is InChI=1S/C24H30FN5O.HI/c1-26-24(27-10-9-19-16-28-22-15-20(25)7-8-21(19)22)29-17-23(18-5-3-2-4-6-18)30-11-13-31-14-12-30;/h2-8,15-16,23,28H,9-14,17H2,1H3,(H2,26,27,29);1H. The molecular weight excluding hydrogens is 520 g/mol. The van der Waals surface area contributed by atoms with Gasteiger partial charge < -0.3 is 20.4 Å². The molecule has 3 N–H and O–H groups in total. The second kappa shape index (κ2) is 12.2. The van der Waals surface area contributed by atoms with Crippen molar-refractivity contribution >= 4 is 40.8 Å². The number of hydrogen-bond donors (Lipinski definition) is 3. The van der Waals surface area contributed by atoms with E-state index >= 15 is 0 Å². The molecule has 2 heterocycles. The van der Waals surface area contributed by atoms with E-state index in [-0.39, 0.29) is 35.8 Å². The summed E-state index contributed by atoms with van der Waals surface area (Å²) in [5.74, 6) is 0.553. The highest BCUT2D eigenvalue weighted by Crippen LogP contribution is 2.21. The van der Waals surface area contributed by atoms with Gasteiger partial charge in [-0.15, -0.1) is 24.0 Å². The minimum Gasteiger partial charge on any atom is -0.379 e. The zero-order chi connectivity index (χ0) is 21.5. The maximum absolute atomic E-state index is 13.4. The molecule has 6 nitrogen and oxygen atoms in total. The van der Waals surface area contributed by atoms with Crippen molar-refractivity contribution in [3.8, 4) is 0 Å². The number of aliphatic imine (C=N–C) groups is 1. The molecule has 4 rings (SSSR count). The van der Waals surface area contributed by atoms with Crippen molar-refractivity contribution in [2.24, 2.45) is 4.99 Å². The molecule has 32 heavy (non-hydrogen) atoms. The first-order valence-corrected chi connectivity index (χ1v) is 10.8. The summed E-state index contributed by atoms with van der Waals surface area (Å²) in [5, 5.41) is 7.95. The molecule has 0 spiro atoms. The molecule has 0 aliphatic carbocycles. The second-order valence-electron chi connectivity index (χ2n) is 7.71. The van der Waals surface area contributed by atoms with Crippen molar-refractivity contribution in [2.45, 2.75) is 12.5 Å². The third-order valence-corrected chi connectivity index (χ3v) is 5.77. The Labute approximate surface area is 205 Å². The fraction of sp³-hybridized carbons (Fsp3) is 0.375. The first kappa shape index (κ1) is 24.5. The van der Waals surface area contributed by atoms with Crippen LogP contribution < -0.4 is 10.6 Å². The van der Waals surface area contributed by atoms with Crippen LogP contribution in [0, 0.1) is 5.82 Å². The molecule has 1 aliphatic rings. The molecule has 1 atom stereocenters. The molecule has 0 amide bonds. The molecule has 1 fully saturated rings. The number of ether oxygens (including phenoxy) is 1. The Hall–Kier alpha value is -2.17. The van der Waals surface area contributed by atoms with Gasteiger partial charge in [-0.2, -0.15) is 0 Å². The number of halogens is 2. The Morgan fingerprint density at radius 1 is 1.16 bits per heavy atom. The topological polar surface area (TPSA) is 64.7 Å². The van der Waals surface area contributed by atoms with Crippen LogP contribution in [0.25, 0.3) is 10.9 Å². The van der Waals surface area contributed by atoms with E-state index in [0.717, 1.165) is 68.2 Å². The van der Waals surface area contributed by atoms with Gasteiger partial charge in [0.1, 0.15) is 5.82 Å². The van der Waals surface area contributed by atoms with E-state index in [1.165, 1.54) is 17.7 Å². The molecule has 1 unspecified atom stereocenters. The average molecular weight is 551 g/mol. The van der Waals surface area contributed by atoms with E-state index in [1.807, 2.05) is 18.3 Å². The Morgan fingerprint density at radius 3 is 2.69 bits per heavy atom. The third kappa shape index (κ3) is 6.20. The van der Waals surface area contributed by atoms with Crippen LogP contribution in [-0.2, 0) is 11.2 Å². The van der Waals surface area contributed by atoms with Gasteiger partial charge in [-0.25, -0.2) is 4.39 Å². The minimum atomic E-state index is -0.225. The van der Waals surface area contributed by atoms with Crippen molar-refractivity contribution < 1.29 is 9.13 Å². The third-order valence-electron chi connectivity index (χ3n) is 5.77. The molecule has 0 saturated carbocycles. The molecule has 1 saturated heterocycles. The molecule has 3 aromatic rings. The predicted octanol–water partition coefficient (Wildman–Crippen LogP) is 3.71. The van der Waals surface area contributed by atoms with Gasteiger partial charge in [0, 0.05) is 50.3 Å². The Balaban J connectivity index is 0.00000289. The Morgan fingerprint density at radius 2 is 1.94 bits per heavy atom. The van der Waals surface area contributed by atoms with Crippen LogP contribution in [-0.4, -0.2) is 62.3 Å². The summed E-state index contributed by atoms with van der Waals surface area (Å²) in [4.78, 5) is 9.99. The fourth-order valence-electron chi connectivity index (χ4n) is 4.12. The van der Waals surface area contributed by atoms with Crippen LogP contribution in [0.15, 0.2) is 59.7 Å². The lowest BCUT2D eigenvalue weighted by Gasteiger charge is -2.35. The van der Waals surface area contributed by atoms with Crippen LogP contribution in [0.1, 0.15) is 17.2 Å². The number of fused-ring (bicyclic) bond motifs is 1. The summed E-state index contributed by atoms with van der Waals surface area (Å²) >= 11 is 0. The zero-order valence-electron chi connectivity index (χ0n) is 18.3. The van der Waals surface area contributed by atoms with Crippen LogP contribution in [0.3, 0.4) is 0 Å². The van der Waals surface area contributed by atoms with Crippen molar-refractivity contribution in [2.75, 3.05) is 46.4 Å². The molecule has 172 valence electrons. The van der Waals surface area contributed by atoms with Gasteiger partial charge in [0.15, 0.2) is 5.96 Å². The van der Waals surface area contributed by atoms with E-state index < -0.39 is 0 Å². The van der Waals surface area contributed by atoms with Gasteiger partial charge >= 0.3 is 0 Å². The molecule has 0 bridgehead atoms. The molecule has 0 radical (unpaired) electrons. The van der Waals surface area contributed by atoms with E-state index in [1.54, 1.807) is 7.05 Å². The molecule has 1 aromatic heterocycles. The lowest BCUT2D eigenvalue weighted by atomic mass is 10.0. The number of nitrogens with one attached hydrogen (secondary N) is 3. The fourth-order valence-corrected chi connectivity index (χ4v) is 4.12. The number of H-pyrrole nitrogens is 1. The zero-order valence-corrected chi connectivity index (χ0v) is 20.6. The predicted molar refractivity (Wildman–Crippen MR) is 138 cm³/mol. The van der Waals surface area contributed by atoms with Gasteiger partial charge in [-0.3, -0.25) is 9.89 Å². The van der Waals surface area contributed by atoms with Gasteiger partial charge in [0.25, 0.3) is 0 Å². The largest absolute Gasteiger partial charge is 0.379 e. The SMILES string of the molecule is CN=C(NCCc1c[nH]c2cc(F)ccc12)NCC(c1ccccc1)N1CCOCC1.I. The number of guanidine groups is 1. The van der Waals surface area contributed by atoms with Crippen molar-refractivity contribution in [1.82, 2.24) is 20.5 Å². The smallest absolute Gasteiger partial charge is 0.191 e. The molecule has 2 aromatic carbocycles. The Bertz CT molecular complexity index is 1000. The summed E-state index contributed by atoms with van der Waals surface area (Å²) in [6.07, 6.45) is 2.77. The first-order valence-electron chi connectivity index (χ1n) is 10.8. The first-order chi connectivity index (χ1) is 15.2. The summed E-state index contributed by atoms with van der Waals surface area (Å²) < 4.78 is 18.9. The number of hydrogen-bond acceptors (Lipinski definition) is 3. The normalized spacial score (nSPS) is 15.9. The Kier molecular flexibility index (Phi) is 9.31. The second-order valence-corrected chi connectivity index (χ2v) is 7.71. The van der Waals surface area contributed by atoms with E-state index in [0.29, 0.717) is 0 Å². The van der Waals surface area contributed by atoms with Gasteiger partial charge in [-0.1, -0.05) is 30.3 Å². The molecule has 8 heteroatoms. The minimum absolute atomic E-state index is 0. The van der Waals surface area contributed by atoms with Gasteiger partial charge in [0.2, 0.25) is 0 Å². The highest BCUT2D eigenvalue weighted by atomic mass is 127. The van der Waals surface area contributed by atoms with Crippen molar-refractivity contribution in [3.05, 3.63) is 71.7 Å². The van der Waals surface area contributed by atoms with E-state index in [9.17, 15) is 4.39 Å². The van der Waals surface area contributed by atoms with Crippen LogP contribution in [0.5, 0.6) is 0 Å². The van der Waals surface area contributed by atoms with Crippen molar-refractivity contribution in [3.63, 3.8) is 0 Å². The number of benzene rings is 2.